The lowest BCUT2D eigenvalue weighted by Gasteiger charge is -2.10. The molecule has 1 heterocycles. The number of pyridine rings is 1. The molecule has 2 nitrogen and oxygen atoms in total. The predicted octanol–water partition coefficient (Wildman–Crippen LogP) is 5.21. The first kappa shape index (κ1) is 14.7. The maximum atomic E-state index is 11.9. The van der Waals surface area contributed by atoms with Gasteiger partial charge < -0.3 is 0 Å². The average Bonchev–Trinajstić information content (AvgIpc) is 2.47. The summed E-state index contributed by atoms with van der Waals surface area (Å²) in [5.74, 6) is 0. The quantitative estimate of drug-likeness (QED) is 0.608. The fraction of sp³-hybridized carbons (Fsp3) is 0.158. The first-order chi connectivity index (χ1) is 10.5. The zero-order valence-electron chi connectivity index (χ0n) is 12.8. The molecule has 2 aromatic carbocycles. The van der Waals surface area contributed by atoms with Crippen molar-refractivity contribution in [2.75, 3.05) is 0 Å². The minimum absolute atomic E-state index is 0.453. The lowest BCUT2D eigenvalue weighted by molar-refractivity contribution is 0.108. The van der Waals surface area contributed by atoms with Crippen molar-refractivity contribution in [1.29, 1.82) is 0 Å². The standard InChI is InChI=1S/C19H16ClNO/c1-11-4-6-14(7-5-11)17-10-16(19(20)22)15-9-12(2)8-13(3)18(15)21-17/h4-10H,1-3H3. The van der Waals surface area contributed by atoms with E-state index in [9.17, 15) is 4.79 Å². The maximum Gasteiger partial charge on any atom is 0.253 e. The van der Waals surface area contributed by atoms with Crippen molar-refractivity contribution in [1.82, 2.24) is 4.98 Å². The highest BCUT2D eigenvalue weighted by Crippen LogP contribution is 2.28. The fourth-order valence-corrected chi connectivity index (χ4v) is 2.87. The summed E-state index contributed by atoms with van der Waals surface area (Å²) in [6, 6.07) is 13.9. The Kier molecular flexibility index (Phi) is 3.71. The molecule has 0 atom stereocenters. The number of hydrogen-bond acceptors (Lipinski definition) is 2. The van der Waals surface area contributed by atoms with E-state index in [1.54, 1.807) is 6.07 Å². The van der Waals surface area contributed by atoms with Crippen molar-refractivity contribution in [3.8, 4) is 11.3 Å². The summed E-state index contributed by atoms with van der Waals surface area (Å²) in [7, 11) is 0. The van der Waals surface area contributed by atoms with Gasteiger partial charge in [-0.25, -0.2) is 4.98 Å². The van der Waals surface area contributed by atoms with Crippen LogP contribution in [0, 0.1) is 20.8 Å². The van der Waals surface area contributed by atoms with Gasteiger partial charge in [0.15, 0.2) is 0 Å². The molecule has 3 rings (SSSR count). The lowest BCUT2D eigenvalue weighted by Crippen LogP contribution is -1.98. The Labute approximate surface area is 134 Å². The Morgan fingerprint density at radius 3 is 2.27 bits per heavy atom. The van der Waals surface area contributed by atoms with E-state index in [-0.39, 0.29) is 0 Å². The minimum Gasteiger partial charge on any atom is -0.276 e. The molecule has 3 heteroatoms. The molecule has 0 aliphatic carbocycles. The summed E-state index contributed by atoms with van der Waals surface area (Å²) >= 11 is 5.80. The summed E-state index contributed by atoms with van der Waals surface area (Å²) in [5.41, 5.74) is 6.40. The van der Waals surface area contributed by atoms with Gasteiger partial charge in [0.25, 0.3) is 5.24 Å². The van der Waals surface area contributed by atoms with Crippen LogP contribution in [0.3, 0.4) is 0 Å². The smallest absolute Gasteiger partial charge is 0.253 e. The molecule has 0 saturated heterocycles. The van der Waals surface area contributed by atoms with Gasteiger partial charge >= 0.3 is 0 Å². The number of halogens is 1. The van der Waals surface area contributed by atoms with Crippen LogP contribution in [0.15, 0.2) is 42.5 Å². The molecule has 22 heavy (non-hydrogen) atoms. The Morgan fingerprint density at radius 2 is 1.64 bits per heavy atom. The molecule has 0 bridgehead atoms. The van der Waals surface area contributed by atoms with Gasteiger partial charge in [0.1, 0.15) is 0 Å². The van der Waals surface area contributed by atoms with Gasteiger partial charge in [0, 0.05) is 16.5 Å². The molecule has 110 valence electrons. The first-order valence-electron chi connectivity index (χ1n) is 7.14. The molecule has 0 fully saturated rings. The van der Waals surface area contributed by atoms with Gasteiger partial charge in [-0.3, -0.25) is 4.79 Å². The molecule has 0 radical (unpaired) electrons. The van der Waals surface area contributed by atoms with Crippen LogP contribution in [0.4, 0.5) is 0 Å². The molecular weight excluding hydrogens is 294 g/mol. The van der Waals surface area contributed by atoms with E-state index in [0.717, 1.165) is 33.3 Å². The van der Waals surface area contributed by atoms with Crippen LogP contribution in [0.25, 0.3) is 22.2 Å². The summed E-state index contributed by atoms with van der Waals surface area (Å²) in [6.45, 7) is 6.05. The zero-order valence-corrected chi connectivity index (χ0v) is 13.5. The van der Waals surface area contributed by atoms with E-state index < -0.39 is 5.24 Å². The van der Waals surface area contributed by atoms with E-state index in [2.05, 4.69) is 6.07 Å². The van der Waals surface area contributed by atoms with Crippen molar-refractivity contribution in [3.63, 3.8) is 0 Å². The number of nitrogens with zero attached hydrogens (tertiary/aromatic N) is 1. The van der Waals surface area contributed by atoms with Crippen LogP contribution in [-0.2, 0) is 0 Å². The number of hydrogen-bond donors (Lipinski definition) is 0. The second-order valence-electron chi connectivity index (χ2n) is 5.67. The number of rotatable bonds is 2. The third kappa shape index (κ3) is 2.62. The molecule has 0 unspecified atom stereocenters. The van der Waals surface area contributed by atoms with Crippen LogP contribution in [-0.4, -0.2) is 10.2 Å². The summed E-state index contributed by atoms with van der Waals surface area (Å²) in [5, 5.41) is 0.360. The first-order valence-corrected chi connectivity index (χ1v) is 7.52. The van der Waals surface area contributed by atoms with Gasteiger partial charge in [-0.1, -0.05) is 41.5 Å². The molecular formula is C19H16ClNO. The molecule has 0 aliphatic heterocycles. The van der Waals surface area contributed by atoms with E-state index in [1.807, 2.05) is 51.1 Å². The number of fused-ring (bicyclic) bond motifs is 1. The minimum atomic E-state index is -0.453. The Bertz CT molecular complexity index is 882. The van der Waals surface area contributed by atoms with Crippen LogP contribution in [0.2, 0.25) is 0 Å². The van der Waals surface area contributed by atoms with E-state index in [1.165, 1.54) is 5.56 Å². The molecule has 3 aromatic rings. The largest absolute Gasteiger partial charge is 0.276 e. The third-order valence-electron chi connectivity index (χ3n) is 3.81. The zero-order chi connectivity index (χ0) is 15.9. The number of carbonyl (C=O) groups excluding carboxylic acids is 1. The van der Waals surface area contributed by atoms with E-state index in [4.69, 9.17) is 16.6 Å². The normalized spacial score (nSPS) is 10.9. The van der Waals surface area contributed by atoms with Crippen molar-refractivity contribution >= 4 is 27.7 Å². The molecule has 0 saturated carbocycles. The summed E-state index contributed by atoms with van der Waals surface area (Å²) in [6.07, 6.45) is 0. The van der Waals surface area contributed by atoms with Crippen molar-refractivity contribution in [3.05, 3.63) is 64.7 Å². The summed E-state index contributed by atoms with van der Waals surface area (Å²) in [4.78, 5) is 16.6. The van der Waals surface area contributed by atoms with Gasteiger partial charge in [0.2, 0.25) is 0 Å². The van der Waals surface area contributed by atoms with Gasteiger partial charge in [-0.15, -0.1) is 0 Å². The van der Waals surface area contributed by atoms with Crippen molar-refractivity contribution in [2.24, 2.45) is 0 Å². The van der Waals surface area contributed by atoms with Crippen molar-refractivity contribution < 1.29 is 4.79 Å². The van der Waals surface area contributed by atoms with Gasteiger partial charge in [0.05, 0.1) is 11.2 Å². The van der Waals surface area contributed by atoms with Gasteiger partial charge in [-0.05, 0) is 50.1 Å². The molecule has 0 N–H and O–H groups in total. The lowest BCUT2D eigenvalue weighted by atomic mass is 10.00. The number of aryl methyl sites for hydroxylation is 3. The highest BCUT2D eigenvalue weighted by Gasteiger charge is 2.14. The molecule has 0 aliphatic rings. The van der Waals surface area contributed by atoms with Gasteiger partial charge in [-0.2, -0.15) is 0 Å². The predicted molar refractivity (Wildman–Crippen MR) is 91.6 cm³/mol. The second kappa shape index (κ2) is 5.54. The van der Waals surface area contributed by atoms with E-state index in [0.29, 0.717) is 5.56 Å². The highest BCUT2D eigenvalue weighted by molar-refractivity contribution is 6.68. The number of benzene rings is 2. The Hall–Kier alpha value is -2.19. The topological polar surface area (TPSA) is 30.0 Å². The van der Waals surface area contributed by atoms with Crippen LogP contribution >= 0.6 is 11.6 Å². The number of aromatic nitrogens is 1. The van der Waals surface area contributed by atoms with Crippen molar-refractivity contribution in [2.45, 2.75) is 20.8 Å². The Balaban J connectivity index is 2.34. The monoisotopic (exact) mass is 309 g/mol. The highest BCUT2D eigenvalue weighted by atomic mass is 35.5. The van der Waals surface area contributed by atoms with Crippen LogP contribution in [0.5, 0.6) is 0 Å². The number of carbonyl (C=O) groups is 1. The second-order valence-corrected chi connectivity index (χ2v) is 6.02. The molecule has 1 aromatic heterocycles. The maximum absolute atomic E-state index is 11.9. The van der Waals surface area contributed by atoms with Crippen LogP contribution in [0.1, 0.15) is 27.0 Å². The average molecular weight is 310 g/mol. The van der Waals surface area contributed by atoms with E-state index >= 15 is 0 Å². The molecule has 0 spiro atoms. The third-order valence-corrected chi connectivity index (χ3v) is 4.01. The SMILES string of the molecule is Cc1ccc(-c2cc(C(=O)Cl)c3cc(C)cc(C)c3n2)cc1. The summed E-state index contributed by atoms with van der Waals surface area (Å²) < 4.78 is 0. The van der Waals surface area contributed by atoms with Crippen LogP contribution < -0.4 is 0 Å². The molecule has 0 amide bonds. The Morgan fingerprint density at radius 1 is 0.955 bits per heavy atom. The fourth-order valence-electron chi connectivity index (χ4n) is 2.72.